The van der Waals surface area contributed by atoms with E-state index in [1.54, 1.807) is 42.4 Å². The number of pyridine rings is 1. The van der Waals surface area contributed by atoms with Gasteiger partial charge in [0, 0.05) is 37.5 Å². The Kier molecular flexibility index (Phi) is 5.22. The van der Waals surface area contributed by atoms with Crippen molar-refractivity contribution >= 4 is 5.82 Å². The molecule has 0 amide bonds. The molecule has 0 saturated carbocycles. The molecule has 0 radical (unpaired) electrons. The van der Waals surface area contributed by atoms with E-state index in [9.17, 15) is 8.78 Å². The van der Waals surface area contributed by atoms with Gasteiger partial charge in [-0.25, -0.2) is 13.8 Å². The molecule has 0 aliphatic carbocycles. The molecule has 5 heteroatoms. The molecule has 112 valence electrons. The van der Waals surface area contributed by atoms with Crippen LogP contribution in [0.15, 0.2) is 36.5 Å². The second-order valence-corrected chi connectivity index (χ2v) is 4.84. The molecule has 0 bridgehead atoms. The first kappa shape index (κ1) is 15.4. The quantitative estimate of drug-likeness (QED) is 0.886. The molecule has 0 aliphatic rings. The molecule has 0 spiro atoms. The van der Waals surface area contributed by atoms with Crippen LogP contribution >= 0.6 is 0 Å². The lowest BCUT2D eigenvalue weighted by Gasteiger charge is -2.20. The fourth-order valence-corrected chi connectivity index (χ4v) is 2.09. The van der Waals surface area contributed by atoms with Crippen LogP contribution < -0.4 is 10.2 Å². The van der Waals surface area contributed by atoms with E-state index < -0.39 is 0 Å². The smallest absolute Gasteiger partial charge is 0.170 e. The summed E-state index contributed by atoms with van der Waals surface area (Å²) in [6.45, 7) is 3.44. The minimum absolute atomic E-state index is 0.230. The Hall–Kier alpha value is -2.01. The summed E-state index contributed by atoms with van der Waals surface area (Å²) in [6, 6.07) is 8.13. The van der Waals surface area contributed by atoms with Crippen LogP contribution in [0.2, 0.25) is 0 Å². The number of halogens is 2. The standard InChI is InChI=1S/C16H19F2N3/c1-3-19-10-12-8-9-20-16(15(12)18)21(2)11-13-6-4-5-7-14(13)17/h4-9,19H,3,10-11H2,1-2H3. The zero-order valence-corrected chi connectivity index (χ0v) is 12.2. The lowest BCUT2D eigenvalue weighted by molar-refractivity contribution is 0.578. The number of rotatable bonds is 6. The number of aromatic nitrogens is 1. The summed E-state index contributed by atoms with van der Waals surface area (Å²) in [5.74, 6) is -0.431. The molecule has 0 fully saturated rings. The third kappa shape index (κ3) is 3.76. The van der Waals surface area contributed by atoms with Gasteiger partial charge in [0.1, 0.15) is 5.82 Å². The van der Waals surface area contributed by atoms with E-state index in [1.165, 1.54) is 6.07 Å². The maximum atomic E-state index is 14.4. The minimum atomic E-state index is -0.364. The molecule has 21 heavy (non-hydrogen) atoms. The van der Waals surface area contributed by atoms with Crippen LogP contribution in [-0.2, 0) is 13.1 Å². The van der Waals surface area contributed by atoms with Gasteiger partial charge in [-0.15, -0.1) is 0 Å². The Bertz CT molecular complexity index is 602. The van der Waals surface area contributed by atoms with Gasteiger partial charge in [0.2, 0.25) is 0 Å². The Morgan fingerprint density at radius 1 is 1.14 bits per heavy atom. The zero-order valence-electron chi connectivity index (χ0n) is 12.2. The molecule has 2 aromatic rings. The molecule has 0 unspecified atom stereocenters. The summed E-state index contributed by atoms with van der Waals surface area (Å²) in [5.41, 5.74) is 1.07. The van der Waals surface area contributed by atoms with Gasteiger partial charge >= 0.3 is 0 Å². The van der Waals surface area contributed by atoms with Crippen LogP contribution in [0.5, 0.6) is 0 Å². The molecular weight excluding hydrogens is 272 g/mol. The van der Waals surface area contributed by atoms with Crippen LogP contribution in [0.25, 0.3) is 0 Å². The first-order valence-corrected chi connectivity index (χ1v) is 6.92. The summed E-state index contributed by atoms with van der Waals surface area (Å²) in [6.07, 6.45) is 1.57. The number of nitrogens with zero attached hydrogens (tertiary/aromatic N) is 2. The second kappa shape index (κ2) is 7.13. The van der Waals surface area contributed by atoms with Gasteiger partial charge in [0.15, 0.2) is 11.6 Å². The number of hydrogen-bond donors (Lipinski definition) is 1. The van der Waals surface area contributed by atoms with Gasteiger partial charge in [-0.3, -0.25) is 0 Å². The maximum absolute atomic E-state index is 14.4. The molecule has 0 aliphatic heterocycles. The lowest BCUT2D eigenvalue weighted by atomic mass is 10.2. The molecule has 2 rings (SSSR count). The van der Waals surface area contributed by atoms with Gasteiger partial charge in [-0.05, 0) is 18.7 Å². The van der Waals surface area contributed by atoms with Crippen LogP contribution in [0.1, 0.15) is 18.1 Å². The summed E-state index contributed by atoms with van der Waals surface area (Å²) < 4.78 is 28.1. The molecule has 3 nitrogen and oxygen atoms in total. The molecule has 1 aromatic carbocycles. The van der Waals surface area contributed by atoms with E-state index in [4.69, 9.17) is 0 Å². The van der Waals surface area contributed by atoms with E-state index in [0.717, 1.165) is 6.54 Å². The van der Waals surface area contributed by atoms with Crippen molar-refractivity contribution in [3.63, 3.8) is 0 Å². The summed E-state index contributed by atoms with van der Waals surface area (Å²) in [5, 5.41) is 3.08. The van der Waals surface area contributed by atoms with Crippen molar-refractivity contribution in [2.24, 2.45) is 0 Å². The van der Waals surface area contributed by atoms with Gasteiger partial charge in [-0.2, -0.15) is 0 Å². The highest BCUT2D eigenvalue weighted by Crippen LogP contribution is 2.20. The number of nitrogens with one attached hydrogen (secondary N) is 1. The van der Waals surface area contributed by atoms with Crippen molar-refractivity contribution in [1.29, 1.82) is 0 Å². The lowest BCUT2D eigenvalue weighted by Crippen LogP contribution is -2.21. The van der Waals surface area contributed by atoms with Gasteiger partial charge < -0.3 is 10.2 Å². The zero-order chi connectivity index (χ0) is 15.2. The predicted octanol–water partition coefficient (Wildman–Crippen LogP) is 3.11. The Morgan fingerprint density at radius 3 is 2.62 bits per heavy atom. The maximum Gasteiger partial charge on any atom is 0.170 e. The van der Waals surface area contributed by atoms with Crippen LogP contribution in [0, 0.1) is 11.6 Å². The molecule has 1 aromatic heterocycles. The fraction of sp³-hybridized carbons (Fsp3) is 0.312. The topological polar surface area (TPSA) is 28.2 Å². The highest BCUT2D eigenvalue weighted by molar-refractivity contribution is 5.43. The predicted molar refractivity (Wildman–Crippen MR) is 80.1 cm³/mol. The number of anilines is 1. The number of hydrogen-bond acceptors (Lipinski definition) is 3. The normalized spacial score (nSPS) is 10.7. The highest BCUT2D eigenvalue weighted by atomic mass is 19.1. The fourth-order valence-electron chi connectivity index (χ4n) is 2.09. The first-order valence-electron chi connectivity index (χ1n) is 6.92. The van der Waals surface area contributed by atoms with E-state index in [2.05, 4.69) is 10.3 Å². The monoisotopic (exact) mass is 291 g/mol. The first-order chi connectivity index (χ1) is 10.1. The molecule has 0 saturated heterocycles. The van der Waals surface area contributed by atoms with E-state index in [-0.39, 0.29) is 24.0 Å². The SMILES string of the molecule is CCNCc1ccnc(N(C)Cc2ccccc2F)c1F. The third-order valence-electron chi connectivity index (χ3n) is 3.24. The van der Waals surface area contributed by atoms with E-state index in [1.807, 2.05) is 6.92 Å². The molecule has 1 N–H and O–H groups in total. The summed E-state index contributed by atoms with van der Waals surface area (Å²) >= 11 is 0. The Labute approximate surface area is 123 Å². The van der Waals surface area contributed by atoms with Crippen molar-refractivity contribution in [3.05, 3.63) is 59.3 Å². The average molecular weight is 291 g/mol. The molecular formula is C16H19F2N3. The van der Waals surface area contributed by atoms with Gasteiger partial charge in [0.05, 0.1) is 0 Å². The largest absolute Gasteiger partial charge is 0.353 e. The molecule has 1 heterocycles. The van der Waals surface area contributed by atoms with Crippen LogP contribution in [-0.4, -0.2) is 18.6 Å². The minimum Gasteiger partial charge on any atom is -0.353 e. The van der Waals surface area contributed by atoms with Crippen molar-refractivity contribution < 1.29 is 8.78 Å². The van der Waals surface area contributed by atoms with Crippen LogP contribution in [0.3, 0.4) is 0 Å². The Balaban J connectivity index is 2.19. The van der Waals surface area contributed by atoms with Crippen LogP contribution in [0.4, 0.5) is 14.6 Å². The van der Waals surface area contributed by atoms with Crippen molar-refractivity contribution in [2.75, 3.05) is 18.5 Å². The summed E-state index contributed by atoms with van der Waals surface area (Å²) in [7, 11) is 1.70. The molecule has 0 atom stereocenters. The Morgan fingerprint density at radius 2 is 1.90 bits per heavy atom. The highest BCUT2D eigenvalue weighted by Gasteiger charge is 2.14. The van der Waals surface area contributed by atoms with E-state index >= 15 is 0 Å². The average Bonchev–Trinajstić information content (AvgIpc) is 2.48. The third-order valence-corrected chi connectivity index (χ3v) is 3.24. The van der Waals surface area contributed by atoms with Crippen molar-refractivity contribution in [1.82, 2.24) is 10.3 Å². The van der Waals surface area contributed by atoms with Crippen molar-refractivity contribution in [2.45, 2.75) is 20.0 Å². The van der Waals surface area contributed by atoms with Gasteiger partial charge in [-0.1, -0.05) is 25.1 Å². The van der Waals surface area contributed by atoms with Crippen molar-refractivity contribution in [3.8, 4) is 0 Å². The second-order valence-electron chi connectivity index (χ2n) is 4.84. The van der Waals surface area contributed by atoms with Gasteiger partial charge in [0.25, 0.3) is 0 Å². The summed E-state index contributed by atoms with van der Waals surface area (Å²) in [4.78, 5) is 5.69. The number of benzene rings is 1. The van der Waals surface area contributed by atoms with E-state index in [0.29, 0.717) is 17.7 Å².